The van der Waals surface area contributed by atoms with Crippen molar-refractivity contribution in [2.45, 2.75) is 19.8 Å². The first-order valence-electron chi connectivity index (χ1n) is 9.13. The average molecular weight is 374 g/mol. The molecule has 2 aromatic rings. The van der Waals surface area contributed by atoms with E-state index in [9.17, 15) is 5.11 Å². The van der Waals surface area contributed by atoms with E-state index in [0.717, 1.165) is 57.2 Å². The molecule has 0 saturated carbocycles. The van der Waals surface area contributed by atoms with Crippen LogP contribution in [0.3, 0.4) is 0 Å². The Morgan fingerprint density at radius 1 is 1.27 bits per heavy atom. The number of phenols is 1. The van der Waals surface area contributed by atoms with E-state index >= 15 is 0 Å². The van der Waals surface area contributed by atoms with E-state index in [1.165, 1.54) is 9.88 Å². The van der Waals surface area contributed by atoms with Crippen LogP contribution in [0.2, 0.25) is 0 Å². The predicted octanol–water partition coefficient (Wildman–Crippen LogP) is 2.35. The van der Waals surface area contributed by atoms with Gasteiger partial charge in [-0.15, -0.1) is 11.3 Å². The molecule has 0 amide bonds. The maximum Gasteiger partial charge on any atom is 0.193 e. The Balaban J connectivity index is 1.48. The number of aryl methyl sites for hydroxylation is 1. The molecule has 26 heavy (non-hydrogen) atoms. The molecule has 6 nitrogen and oxygen atoms in total. The zero-order valence-corrected chi connectivity index (χ0v) is 16.3. The van der Waals surface area contributed by atoms with Gasteiger partial charge in [-0.05, 0) is 18.6 Å². The summed E-state index contributed by atoms with van der Waals surface area (Å²) in [6.07, 6.45) is 3.95. The number of anilines is 1. The summed E-state index contributed by atoms with van der Waals surface area (Å²) in [5.41, 5.74) is 0.908. The Labute approximate surface area is 159 Å². The lowest BCUT2D eigenvalue weighted by Crippen LogP contribution is -2.52. The maximum atomic E-state index is 10.0. The van der Waals surface area contributed by atoms with Crippen LogP contribution < -0.4 is 10.2 Å². The molecule has 0 spiro atoms. The van der Waals surface area contributed by atoms with Crippen LogP contribution in [0.15, 0.2) is 35.5 Å². The molecule has 1 saturated heterocycles. The smallest absolute Gasteiger partial charge is 0.193 e. The molecule has 1 aliphatic rings. The second kappa shape index (κ2) is 8.89. The fraction of sp³-hybridized carbons (Fsp3) is 0.474. The number of nitrogens with zero attached hydrogens (tertiary/aromatic N) is 4. The van der Waals surface area contributed by atoms with E-state index < -0.39 is 0 Å². The fourth-order valence-corrected chi connectivity index (χ4v) is 3.99. The van der Waals surface area contributed by atoms with Gasteiger partial charge >= 0.3 is 0 Å². The van der Waals surface area contributed by atoms with Crippen LogP contribution in [0.5, 0.6) is 5.75 Å². The van der Waals surface area contributed by atoms with Gasteiger partial charge in [-0.3, -0.25) is 4.99 Å². The highest BCUT2D eigenvalue weighted by Crippen LogP contribution is 2.27. The van der Waals surface area contributed by atoms with Gasteiger partial charge in [0.1, 0.15) is 5.75 Å². The first-order valence-corrected chi connectivity index (χ1v) is 9.95. The van der Waals surface area contributed by atoms with Crippen LogP contribution in [0, 0.1) is 0 Å². The Morgan fingerprint density at radius 2 is 2.04 bits per heavy atom. The quantitative estimate of drug-likeness (QED) is 0.622. The maximum absolute atomic E-state index is 10.0. The lowest BCUT2D eigenvalue weighted by Gasteiger charge is -2.37. The number of nitrogens with one attached hydrogen (secondary N) is 1. The summed E-state index contributed by atoms with van der Waals surface area (Å²) in [5, 5.41) is 14.7. The molecule has 1 fully saturated rings. The minimum absolute atomic E-state index is 0.346. The Bertz CT molecular complexity index is 737. The summed E-state index contributed by atoms with van der Waals surface area (Å²) in [6, 6.07) is 7.53. The van der Waals surface area contributed by atoms with E-state index in [4.69, 9.17) is 0 Å². The zero-order chi connectivity index (χ0) is 18.4. The van der Waals surface area contributed by atoms with Crippen LogP contribution in [0.1, 0.15) is 16.8 Å². The topological polar surface area (TPSA) is 64.0 Å². The molecule has 1 aromatic carbocycles. The first kappa shape index (κ1) is 18.5. The Kier molecular flexibility index (Phi) is 6.33. The van der Waals surface area contributed by atoms with Crippen LogP contribution in [0.25, 0.3) is 0 Å². The third kappa shape index (κ3) is 4.46. The van der Waals surface area contributed by atoms with Crippen LogP contribution >= 0.6 is 11.3 Å². The SMILES string of the molecule is CCc1cnc(CCNC(=NC)N2CCN(c3ccccc3O)CC2)s1. The molecule has 0 unspecified atom stereocenters. The summed E-state index contributed by atoms with van der Waals surface area (Å²) in [6.45, 7) is 6.49. The number of hydrogen-bond donors (Lipinski definition) is 2. The lowest BCUT2D eigenvalue weighted by atomic mass is 10.2. The van der Waals surface area contributed by atoms with Crippen molar-refractivity contribution in [2.75, 3.05) is 44.7 Å². The van der Waals surface area contributed by atoms with Crippen LogP contribution in [-0.2, 0) is 12.8 Å². The average Bonchev–Trinajstić information content (AvgIpc) is 3.14. The molecule has 1 aromatic heterocycles. The van der Waals surface area contributed by atoms with Crippen molar-refractivity contribution < 1.29 is 5.11 Å². The van der Waals surface area contributed by atoms with Gasteiger partial charge in [0.25, 0.3) is 0 Å². The van der Waals surface area contributed by atoms with Gasteiger partial charge in [0.15, 0.2) is 5.96 Å². The molecule has 0 atom stereocenters. The molecule has 0 aliphatic carbocycles. The highest BCUT2D eigenvalue weighted by molar-refractivity contribution is 7.11. The molecule has 2 heterocycles. The number of aromatic hydroxyl groups is 1. The van der Waals surface area contributed by atoms with E-state index in [0.29, 0.717) is 5.75 Å². The number of aromatic nitrogens is 1. The lowest BCUT2D eigenvalue weighted by molar-refractivity contribution is 0.370. The molecule has 1 aliphatic heterocycles. The third-order valence-electron chi connectivity index (χ3n) is 4.59. The number of phenolic OH excluding ortho intramolecular Hbond substituents is 1. The minimum atomic E-state index is 0.346. The second-order valence-corrected chi connectivity index (χ2v) is 7.46. The summed E-state index contributed by atoms with van der Waals surface area (Å²) < 4.78 is 0. The zero-order valence-electron chi connectivity index (χ0n) is 15.5. The van der Waals surface area contributed by atoms with Crippen molar-refractivity contribution in [3.63, 3.8) is 0 Å². The van der Waals surface area contributed by atoms with Gasteiger partial charge in [-0.25, -0.2) is 4.98 Å². The van der Waals surface area contributed by atoms with Crippen LogP contribution in [0.4, 0.5) is 5.69 Å². The van der Waals surface area contributed by atoms with Gasteiger partial charge in [0.2, 0.25) is 0 Å². The van der Waals surface area contributed by atoms with E-state index in [2.05, 4.69) is 32.0 Å². The van der Waals surface area contributed by atoms with Crippen molar-refractivity contribution >= 4 is 23.0 Å². The molecule has 0 bridgehead atoms. The second-order valence-electron chi connectivity index (χ2n) is 6.26. The molecule has 140 valence electrons. The minimum Gasteiger partial charge on any atom is -0.506 e. The number of thiazole rings is 1. The van der Waals surface area contributed by atoms with Crippen molar-refractivity contribution in [1.29, 1.82) is 0 Å². The molecular formula is C19H27N5OS. The van der Waals surface area contributed by atoms with Crippen molar-refractivity contribution in [3.8, 4) is 5.75 Å². The number of aliphatic imine (C=N–C) groups is 1. The normalized spacial score (nSPS) is 15.4. The van der Waals surface area contributed by atoms with Crippen LogP contribution in [-0.4, -0.2) is 60.7 Å². The molecule has 3 rings (SSSR count). The highest BCUT2D eigenvalue weighted by Gasteiger charge is 2.21. The number of guanidine groups is 1. The van der Waals surface area contributed by atoms with Crippen molar-refractivity contribution in [1.82, 2.24) is 15.2 Å². The monoisotopic (exact) mass is 373 g/mol. The predicted molar refractivity (Wildman–Crippen MR) is 108 cm³/mol. The van der Waals surface area contributed by atoms with E-state index in [-0.39, 0.29) is 0 Å². The van der Waals surface area contributed by atoms with E-state index in [1.807, 2.05) is 31.4 Å². The van der Waals surface area contributed by atoms with Gasteiger partial charge < -0.3 is 20.2 Å². The largest absolute Gasteiger partial charge is 0.506 e. The molecule has 7 heteroatoms. The standard InChI is InChI=1S/C19H27N5OS/c1-3-15-14-22-18(26-15)8-9-21-19(20-2)24-12-10-23(11-13-24)16-6-4-5-7-17(16)25/h4-7,14,25H,3,8-13H2,1-2H3,(H,20,21). The summed E-state index contributed by atoms with van der Waals surface area (Å²) in [4.78, 5) is 14.7. The summed E-state index contributed by atoms with van der Waals surface area (Å²) >= 11 is 1.79. The van der Waals surface area contributed by atoms with E-state index in [1.54, 1.807) is 17.4 Å². The van der Waals surface area contributed by atoms with Gasteiger partial charge in [0, 0.05) is 57.3 Å². The Hall–Kier alpha value is -2.28. The number of benzene rings is 1. The third-order valence-corrected chi connectivity index (χ3v) is 5.79. The van der Waals surface area contributed by atoms with Crippen molar-refractivity contribution in [2.24, 2.45) is 4.99 Å². The number of hydrogen-bond acceptors (Lipinski definition) is 5. The molecular weight excluding hydrogens is 346 g/mol. The molecule has 0 radical (unpaired) electrons. The van der Waals surface area contributed by atoms with Gasteiger partial charge in [-0.2, -0.15) is 0 Å². The Morgan fingerprint density at radius 3 is 2.69 bits per heavy atom. The number of rotatable bonds is 5. The summed E-state index contributed by atoms with van der Waals surface area (Å²) in [5.74, 6) is 1.28. The first-order chi connectivity index (χ1) is 12.7. The van der Waals surface area contributed by atoms with Gasteiger partial charge in [0.05, 0.1) is 10.7 Å². The van der Waals surface area contributed by atoms with Crippen molar-refractivity contribution in [3.05, 3.63) is 40.3 Å². The van der Waals surface area contributed by atoms with Gasteiger partial charge in [-0.1, -0.05) is 19.1 Å². The fourth-order valence-electron chi connectivity index (χ4n) is 3.13. The summed E-state index contributed by atoms with van der Waals surface area (Å²) in [7, 11) is 1.83. The number of piperazine rings is 1. The molecule has 2 N–H and O–H groups in total. The number of para-hydroxylation sites is 2. The highest BCUT2D eigenvalue weighted by atomic mass is 32.1.